The molecule has 8 heteroatoms. The van der Waals surface area contributed by atoms with Crippen LogP contribution in [0, 0.1) is 0 Å². The van der Waals surface area contributed by atoms with Crippen LogP contribution < -0.4 is 15.4 Å². The molecule has 0 spiro atoms. The first-order valence-electron chi connectivity index (χ1n) is 9.01. The molecule has 2 aromatic carbocycles. The molecule has 28 heavy (non-hydrogen) atoms. The SMILES string of the molecule is CCNC(=NCc1ccc(S(C)(=O)=O)cc1)NCC(C)Oc1ccc(Cl)cc1. The van der Waals surface area contributed by atoms with Gasteiger partial charge >= 0.3 is 0 Å². The summed E-state index contributed by atoms with van der Waals surface area (Å²) in [5, 5.41) is 7.11. The molecule has 0 heterocycles. The van der Waals surface area contributed by atoms with Gasteiger partial charge in [-0.25, -0.2) is 13.4 Å². The molecule has 6 nitrogen and oxygen atoms in total. The molecule has 2 N–H and O–H groups in total. The molecule has 152 valence electrons. The highest BCUT2D eigenvalue weighted by atomic mass is 35.5. The van der Waals surface area contributed by atoms with Gasteiger partial charge in [0, 0.05) is 17.8 Å². The van der Waals surface area contributed by atoms with Crippen molar-refractivity contribution in [2.75, 3.05) is 19.3 Å². The highest BCUT2D eigenvalue weighted by Gasteiger charge is 2.07. The summed E-state index contributed by atoms with van der Waals surface area (Å²) in [5.74, 6) is 1.42. The van der Waals surface area contributed by atoms with Gasteiger partial charge in [0.25, 0.3) is 0 Å². The maximum absolute atomic E-state index is 11.5. The predicted octanol–water partition coefficient (Wildman–Crippen LogP) is 3.27. The lowest BCUT2D eigenvalue weighted by Gasteiger charge is -2.17. The number of ether oxygens (including phenoxy) is 1. The number of nitrogens with zero attached hydrogens (tertiary/aromatic N) is 1. The second-order valence-electron chi connectivity index (χ2n) is 6.37. The highest BCUT2D eigenvalue weighted by molar-refractivity contribution is 7.90. The van der Waals surface area contributed by atoms with Gasteiger partial charge in [0.1, 0.15) is 11.9 Å². The Balaban J connectivity index is 1.91. The standard InChI is InChI=1S/C20H26ClN3O3S/c1-4-22-20(23-13-15(2)27-18-9-7-17(21)8-10-18)24-14-16-5-11-19(12-6-16)28(3,25)26/h5-12,15H,4,13-14H2,1-3H3,(H2,22,23,24). The summed E-state index contributed by atoms with van der Waals surface area (Å²) in [6, 6.07) is 14.0. The van der Waals surface area contributed by atoms with E-state index in [4.69, 9.17) is 16.3 Å². The first-order chi connectivity index (χ1) is 13.3. The lowest BCUT2D eigenvalue weighted by molar-refractivity contribution is 0.224. The van der Waals surface area contributed by atoms with E-state index in [1.807, 2.05) is 26.0 Å². The Labute approximate surface area is 171 Å². The van der Waals surface area contributed by atoms with Gasteiger partial charge in [0.05, 0.1) is 18.0 Å². The van der Waals surface area contributed by atoms with Gasteiger partial charge in [0.2, 0.25) is 0 Å². The second kappa shape index (κ2) is 10.3. The van der Waals surface area contributed by atoms with E-state index >= 15 is 0 Å². The fourth-order valence-electron chi connectivity index (χ4n) is 2.38. The van der Waals surface area contributed by atoms with Crippen molar-refractivity contribution in [1.29, 1.82) is 0 Å². The third-order valence-corrected chi connectivity index (χ3v) is 5.20. The molecule has 0 fully saturated rings. The Morgan fingerprint density at radius 2 is 1.75 bits per heavy atom. The number of hydrogen-bond donors (Lipinski definition) is 2. The summed E-state index contributed by atoms with van der Waals surface area (Å²) < 4.78 is 28.9. The molecule has 0 saturated carbocycles. The summed E-state index contributed by atoms with van der Waals surface area (Å²) in [7, 11) is -3.19. The number of halogens is 1. The average molecular weight is 424 g/mol. The van der Waals surface area contributed by atoms with Gasteiger partial charge < -0.3 is 15.4 Å². The van der Waals surface area contributed by atoms with Crippen molar-refractivity contribution in [1.82, 2.24) is 10.6 Å². The van der Waals surface area contributed by atoms with Crippen LogP contribution in [-0.4, -0.2) is 39.8 Å². The topological polar surface area (TPSA) is 79.8 Å². The molecule has 0 aliphatic heterocycles. The molecule has 0 aliphatic carbocycles. The van der Waals surface area contributed by atoms with E-state index in [1.54, 1.807) is 36.4 Å². The Hall–Kier alpha value is -2.25. The average Bonchev–Trinajstić information content (AvgIpc) is 2.65. The van der Waals surface area contributed by atoms with Gasteiger partial charge in [-0.1, -0.05) is 23.7 Å². The van der Waals surface area contributed by atoms with Crippen LogP contribution in [0.3, 0.4) is 0 Å². The van der Waals surface area contributed by atoms with E-state index in [9.17, 15) is 8.42 Å². The van der Waals surface area contributed by atoms with E-state index in [0.717, 1.165) is 17.9 Å². The fourth-order valence-corrected chi connectivity index (χ4v) is 3.14. The minimum Gasteiger partial charge on any atom is -0.489 e. The molecule has 1 atom stereocenters. The van der Waals surface area contributed by atoms with Gasteiger partial charge in [-0.15, -0.1) is 0 Å². The maximum atomic E-state index is 11.5. The van der Waals surface area contributed by atoms with E-state index in [0.29, 0.717) is 29.0 Å². The van der Waals surface area contributed by atoms with Crippen LogP contribution in [0.25, 0.3) is 0 Å². The van der Waals surface area contributed by atoms with Crippen LogP contribution in [0.4, 0.5) is 0 Å². The van der Waals surface area contributed by atoms with Crippen LogP contribution in [-0.2, 0) is 16.4 Å². The Bertz CT molecular complexity index is 882. The molecule has 0 aliphatic rings. The van der Waals surface area contributed by atoms with Crippen LogP contribution in [0.5, 0.6) is 5.75 Å². The largest absolute Gasteiger partial charge is 0.489 e. The van der Waals surface area contributed by atoms with Crippen LogP contribution >= 0.6 is 11.6 Å². The number of rotatable bonds is 8. The van der Waals surface area contributed by atoms with Gasteiger partial charge in [-0.3, -0.25) is 0 Å². The van der Waals surface area contributed by atoms with Crippen LogP contribution in [0.15, 0.2) is 58.4 Å². The van der Waals surface area contributed by atoms with Crippen molar-refractivity contribution < 1.29 is 13.2 Å². The van der Waals surface area contributed by atoms with Gasteiger partial charge in [-0.2, -0.15) is 0 Å². The third kappa shape index (κ3) is 7.40. The van der Waals surface area contributed by atoms with Crippen molar-refractivity contribution in [2.24, 2.45) is 4.99 Å². The number of aliphatic imine (C=N–C) groups is 1. The van der Waals surface area contributed by atoms with Crippen molar-refractivity contribution in [3.8, 4) is 5.75 Å². The van der Waals surface area contributed by atoms with E-state index < -0.39 is 9.84 Å². The molecule has 0 radical (unpaired) electrons. The zero-order chi connectivity index (χ0) is 20.6. The summed E-state index contributed by atoms with van der Waals surface area (Å²) in [6.45, 7) is 5.69. The lowest BCUT2D eigenvalue weighted by atomic mass is 10.2. The Morgan fingerprint density at radius 3 is 2.32 bits per heavy atom. The fraction of sp³-hybridized carbons (Fsp3) is 0.350. The molecular weight excluding hydrogens is 398 g/mol. The first kappa shape index (κ1) is 22.0. The van der Waals surface area contributed by atoms with Gasteiger partial charge in [0.15, 0.2) is 15.8 Å². The van der Waals surface area contributed by atoms with Crippen molar-refractivity contribution in [3.63, 3.8) is 0 Å². The van der Waals surface area contributed by atoms with E-state index in [2.05, 4.69) is 15.6 Å². The molecular formula is C20H26ClN3O3S. The molecule has 2 aromatic rings. The minimum atomic E-state index is -3.19. The van der Waals surface area contributed by atoms with E-state index in [1.165, 1.54) is 6.26 Å². The molecule has 2 rings (SSSR count). The lowest BCUT2D eigenvalue weighted by Crippen LogP contribution is -2.41. The smallest absolute Gasteiger partial charge is 0.191 e. The van der Waals surface area contributed by atoms with E-state index in [-0.39, 0.29) is 6.10 Å². The first-order valence-corrected chi connectivity index (χ1v) is 11.3. The predicted molar refractivity (Wildman–Crippen MR) is 114 cm³/mol. The van der Waals surface area contributed by atoms with Crippen LogP contribution in [0.2, 0.25) is 5.02 Å². The number of guanidine groups is 1. The Morgan fingerprint density at radius 1 is 1.11 bits per heavy atom. The number of sulfone groups is 1. The molecule has 0 saturated heterocycles. The molecule has 1 unspecified atom stereocenters. The maximum Gasteiger partial charge on any atom is 0.191 e. The van der Waals surface area contributed by atoms with Crippen molar-refractivity contribution in [3.05, 3.63) is 59.1 Å². The monoisotopic (exact) mass is 423 g/mol. The molecule has 0 aromatic heterocycles. The zero-order valence-corrected chi connectivity index (χ0v) is 17.8. The summed E-state index contributed by atoms with van der Waals surface area (Å²) >= 11 is 5.88. The number of nitrogens with one attached hydrogen (secondary N) is 2. The Kier molecular flexibility index (Phi) is 8.14. The van der Waals surface area contributed by atoms with Crippen LogP contribution in [0.1, 0.15) is 19.4 Å². The minimum absolute atomic E-state index is 0.0703. The van der Waals surface area contributed by atoms with Crippen molar-refractivity contribution >= 4 is 27.4 Å². The molecule has 0 bridgehead atoms. The third-order valence-electron chi connectivity index (χ3n) is 3.82. The summed E-state index contributed by atoms with van der Waals surface area (Å²) in [5.41, 5.74) is 0.926. The zero-order valence-electron chi connectivity index (χ0n) is 16.3. The molecule has 0 amide bonds. The number of benzene rings is 2. The normalized spacial score (nSPS) is 13.1. The van der Waals surface area contributed by atoms with Gasteiger partial charge in [-0.05, 0) is 55.8 Å². The summed E-state index contributed by atoms with van der Waals surface area (Å²) in [6.07, 6.45) is 1.12. The quantitative estimate of drug-likeness (QED) is 0.503. The summed E-state index contributed by atoms with van der Waals surface area (Å²) in [4.78, 5) is 4.84. The second-order valence-corrected chi connectivity index (χ2v) is 8.83. The highest BCUT2D eigenvalue weighted by Crippen LogP contribution is 2.16. The van der Waals surface area contributed by atoms with Crippen molar-refractivity contribution in [2.45, 2.75) is 31.4 Å². The number of hydrogen-bond acceptors (Lipinski definition) is 4.